The van der Waals surface area contributed by atoms with Crippen molar-refractivity contribution in [2.75, 3.05) is 29.9 Å². The molecule has 0 amide bonds. The van der Waals surface area contributed by atoms with E-state index in [1.165, 1.54) is 0 Å². The molecule has 0 N–H and O–H groups in total. The van der Waals surface area contributed by atoms with Crippen molar-refractivity contribution in [2.45, 2.75) is 25.8 Å². The number of hydrogen-bond donors (Lipinski definition) is 0. The van der Waals surface area contributed by atoms with Gasteiger partial charge in [-0.25, -0.2) is 9.97 Å². The number of fused-ring (bicyclic) bond motifs is 1. The Balaban J connectivity index is 1.45. The van der Waals surface area contributed by atoms with Crippen LogP contribution in [0.15, 0.2) is 29.0 Å². The lowest BCUT2D eigenvalue weighted by molar-refractivity contribution is 0.474. The fourth-order valence-electron chi connectivity index (χ4n) is 3.19. The van der Waals surface area contributed by atoms with Crippen LogP contribution in [0.1, 0.15) is 18.7 Å². The molecule has 1 aliphatic rings. The zero-order valence-corrected chi connectivity index (χ0v) is 15.8. The monoisotopic (exact) mass is 402 g/mol. The predicted octanol–water partition coefficient (Wildman–Crippen LogP) is 2.09. The van der Waals surface area contributed by atoms with Crippen molar-refractivity contribution in [1.29, 1.82) is 0 Å². The van der Waals surface area contributed by atoms with Gasteiger partial charge in [0.15, 0.2) is 11.5 Å². The van der Waals surface area contributed by atoms with Gasteiger partial charge in [-0.05, 0) is 47.8 Å². The molecule has 0 radical (unpaired) electrons. The van der Waals surface area contributed by atoms with E-state index < -0.39 is 0 Å². The van der Waals surface area contributed by atoms with Crippen LogP contribution < -0.4 is 9.80 Å². The maximum absolute atomic E-state index is 4.67. The van der Waals surface area contributed by atoms with E-state index >= 15 is 0 Å². The summed E-state index contributed by atoms with van der Waals surface area (Å²) in [5.41, 5.74) is 0.781. The highest BCUT2D eigenvalue weighted by Gasteiger charge is 2.25. The van der Waals surface area contributed by atoms with Crippen LogP contribution in [0.5, 0.6) is 0 Å². The van der Waals surface area contributed by atoms with Crippen LogP contribution in [0.4, 0.5) is 11.8 Å². The van der Waals surface area contributed by atoms with Gasteiger partial charge in [-0.3, -0.25) is 0 Å². The highest BCUT2D eigenvalue weighted by atomic mass is 79.9. The van der Waals surface area contributed by atoms with Gasteiger partial charge in [0.1, 0.15) is 5.82 Å². The van der Waals surface area contributed by atoms with Gasteiger partial charge >= 0.3 is 0 Å². The molecule has 25 heavy (non-hydrogen) atoms. The van der Waals surface area contributed by atoms with Crippen LogP contribution in [0.2, 0.25) is 0 Å². The Kier molecular flexibility index (Phi) is 4.24. The molecule has 0 unspecified atom stereocenters. The van der Waals surface area contributed by atoms with E-state index in [4.69, 9.17) is 0 Å². The van der Waals surface area contributed by atoms with Gasteiger partial charge in [0.05, 0.1) is 4.47 Å². The second kappa shape index (κ2) is 6.55. The summed E-state index contributed by atoms with van der Waals surface area (Å²) in [5, 5.41) is 12.8. The summed E-state index contributed by atoms with van der Waals surface area (Å²) in [4.78, 5) is 13.3. The van der Waals surface area contributed by atoms with Gasteiger partial charge in [-0.15, -0.1) is 15.3 Å². The lowest BCUT2D eigenvalue weighted by Crippen LogP contribution is -2.44. The van der Waals surface area contributed by atoms with E-state index in [1.54, 1.807) is 16.9 Å². The van der Waals surface area contributed by atoms with E-state index in [0.29, 0.717) is 6.04 Å². The second-order valence-electron chi connectivity index (χ2n) is 6.24. The fraction of sp³-hybridized carbons (Fsp3) is 0.438. The molecule has 0 aliphatic carbocycles. The average Bonchev–Trinajstić information content (AvgIpc) is 3.02. The topological polar surface area (TPSA) is 75.3 Å². The molecule has 9 heteroatoms. The highest BCUT2D eigenvalue weighted by molar-refractivity contribution is 9.10. The molecule has 1 aliphatic heterocycles. The Hall–Kier alpha value is -2.29. The zero-order chi connectivity index (χ0) is 17.4. The minimum Gasteiger partial charge on any atom is -0.355 e. The zero-order valence-electron chi connectivity index (χ0n) is 14.2. The number of aromatic nitrogens is 6. The molecule has 0 aromatic carbocycles. The van der Waals surface area contributed by atoms with Crippen molar-refractivity contribution in [1.82, 2.24) is 29.8 Å². The molecule has 0 atom stereocenters. The van der Waals surface area contributed by atoms with Crippen LogP contribution in [0.3, 0.4) is 0 Å². The molecule has 130 valence electrons. The highest BCUT2D eigenvalue weighted by Crippen LogP contribution is 2.23. The summed E-state index contributed by atoms with van der Waals surface area (Å²) in [6.07, 6.45) is 5.65. The van der Waals surface area contributed by atoms with Crippen molar-refractivity contribution in [3.63, 3.8) is 0 Å². The van der Waals surface area contributed by atoms with Gasteiger partial charge in [-0.1, -0.05) is 0 Å². The van der Waals surface area contributed by atoms with Crippen LogP contribution in [0.25, 0.3) is 5.65 Å². The first kappa shape index (κ1) is 16.2. The first-order valence-electron chi connectivity index (χ1n) is 8.26. The number of rotatable bonds is 3. The third-order valence-corrected chi connectivity index (χ3v) is 5.07. The summed E-state index contributed by atoms with van der Waals surface area (Å²) >= 11 is 3.38. The Morgan fingerprint density at radius 1 is 1.12 bits per heavy atom. The SMILES string of the molecule is Cc1nnc2ccc(N3CCC(N(C)c4ncc(Br)cn4)CC3)nn12. The van der Waals surface area contributed by atoms with Gasteiger partial charge in [0.25, 0.3) is 0 Å². The van der Waals surface area contributed by atoms with Crippen LogP contribution in [-0.2, 0) is 0 Å². The first-order valence-corrected chi connectivity index (χ1v) is 9.05. The number of nitrogens with zero attached hydrogens (tertiary/aromatic N) is 8. The Morgan fingerprint density at radius 2 is 1.84 bits per heavy atom. The lowest BCUT2D eigenvalue weighted by atomic mass is 10.0. The molecule has 3 aromatic rings. The van der Waals surface area contributed by atoms with Gasteiger partial charge in [0.2, 0.25) is 5.95 Å². The van der Waals surface area contributed by atoms with E-state index in [0.717, 1.165) is 53.6 Å². The molecule has 4 heterocycles. The largest absolute Gasteiger partial charge is 0.355 e. The normalized spacial score (nSPS) is 15.7. The number of hydrogen-bond acceptors (Lipinski definition) is 7. The van der Waals surface area contributed by atoms with Crippen molar-refractivity contribution in [2.24, 2.45) is 0 Å². The predicted molar refractivity (Wildman–Crippen MR) is 98.9 cm³/mol. The summed E-state index contributed by atoms with van der Waals surface area (Å²) in [6.45, 7) is 3.81. The number of anilines is 2. The van der Waals surface area contributed by atoms with E-state index in [2.05, 4.69) is 58.0 Å². The minimum atomic E-state index is 0.429. The molecule has 0 spiro atoms. The summed E-state index contributed by atoms with van der Waals surface area (Å²) in [5.74, 6) is 2.54. The number of halogens is 1. The average molecular weight is 403 g/mol. The smallest absolute Gasteiger partial charge is 0.225 e. The maximum Gasteiger partial charge on any atom is 0.225 e. The summed E-state index contributed by atoms with van der Waals surface area (Å²) in [6, 6.07) is 4.42. The molecule has 4 rings (SSSR count). The van der Waals surface area contributed by atoms with Crippen molar-refractivity contribution in [3.05, 3.63) is 34.8 Å². The van der Waals surface area contributed by atoms with Gasteiger partial charge in [-0.2, -0.15) is 4.52 Å². The standard InChI is InChI=1S/C16H19BrN8/c1-11-20-21-14-3-4-15(22-25(11)14)24-7-5-13(6-8-24)23(2)16-18-9-12(17)10-19-16/h3-4,9-10,13H,5-8H2,1-2H3. The number of aryl methyl sites for hydroxylation is 1. The third kappa shape index (κ3) is 3.15. The van der Waals surface area contributed by atoms with E-state index in [9.17, 15) is 0 Å². The van der Waals surface area contributed by atoms with E-state index in [-0.39, 0.29) is 0 Å². The molecule has 3 aromatic heterocycles. The quantitative estimate of drug-likeness (QED) is 0.663. The number of piperidine rings is 1. The molecular weight excluding hydrogens is 384 g/mol. The molecule has 0 saturated carbocycles. The van der Waals surface area contributed by atoms with Gasteiger partial charge < -0.3 is 9.80 Å². The fourth-order valence-corrected chi connectivity index (χ4v) is 3.39. The Bertz CT molecular complexity index is 869. The molecule has 1 saturated heterocycles. The summed E-state index contributed by atoms with van der Waals surface area (Å²) in [7, 11) is 2.06. The van der Waals surface area contributed by atoms with Crippen LogP contribution in [0, 0.1) is 6.92 Å². The molecule has 1 fully saturated rings. The van der Waals surface area contributed by atoms with Gasteiger partial charge in [0, 0.05) is 38.6 Å². The first-order chi connectivity index (χ1) is 12.1. The maximum atomic E-state index is 4.67. The third-order valence-electron chi connectivity index (χ3n) is 4.66. The van der Waals surface area contributed by atoms with Crippen LogP contribution in [-0.4, -0.2) is 56.0 Å². The lowest BCUT2D eigenvalue weighted by Gasteiger charge is -2.37. The van der Waals surface area contributed by atoms with Crippen molar-refractivity contribution < 1.29 is 0 Å². The molecular formula is C16H19BrN8. The molecule has 0 bridgehead atoms. The van der Waals surface area contributed by atoms with Crippen LogP contribution >= 0.6 is 15.9 Å². The van der Waals surface area contributed by atoms with Crippen molar-refractivity contribution in [3.8, 4) is 0 Å². The summed E-state index contributed by atoms with van der Waals surface area (Å²) < 4.78 is 2.69. The minimum absolute atomic E-state index is 0.429. The Labute approximate surface area is 154 Å². The Morgan fingerprint density at radius 3 is 2.56 bits per heavy atom. The van der Waals surface area contributed by atoms with Crippen molar-refractivity contribution >= 4 is 33.3 Å². The van der Waals surface area contributed by atoms with E-state index in [1.807, 2.05) is 19.1 Å². The molecule has 8 nitrogen and oxygen atoms in total. The second-order valence-corrected chi connectivity index (χ2v) is 7.15.